The number of nitrogens with one attached hydrogen (secondary N) is 1. The Morgan fingerprint density at radius 2 is 2.00 bits per heavy atom. The molecule has 1 aromatic carbocycles. The van der Waals surface area contributed by atoms with Crippen LogP contribution in [0.3, 0.4) is 0 Å². The van der Waals surface area contributed by atoms with Crippen molar-refractivity contribution < 1.29 is 9.53 Å². The Morgan fingerprint density at radius 1 is 1.29 bits per heavy atom. The lowest BCUT2D eigenvalue weighted by molar-refractivity contribution is -0.121. The second kappa shape index (κ2) is 6.13. The van der Waals surface area contributed by atoms with Crippen LogP contribution in [0, 0.1) is 0 Å². The van der Waals surface area contributed by atoms with Gasteiger partial charge in [0.15, 0.2) is 0 Å². The van der Waals surface area contributed by atoms with Crippen molar-refractivity contribution in [2.45, 2.75) is 31.3 Å². The molecule has 3 rings (SSSR count). The molecule has 1 atom stereocenters. The fraction of sp³-hybridized carbons (Fsp3) is 0.562. The van der Waals surface area contributed by atoms with Crippen LogP contribution in [0.2, 0.25) is 0 Å². The Balaban J connectivity index is 1.57. The molecule has 2 heterocycles. The zero-order valence-electron chi connectivity index (χ0n) is 12.3. The highest BCUT2D eigenvalue weighted by molar-refractivity contribution is 5.98. The summed E-state index contributed by atoms with van der Waals surface area (Å²) >= 11 is 0. The topological polar surface area (TPSA) is 67.6 Å². The van der Waals surface area contributed by atoms with Gasteiger partial charge in [0, 0.05) is 18.8 Å². The number of nitrogens with zero attached hydrogens (tertiary/aromatic N) is 1. The van der Waals surface area contributed by atoms with E-state index in [9.17, 15) is 4.79 Å². The van der Waals surface area contributed by atoms with Crippen molar-refractivity contribution >= 4 is 11.6 Å². The van der Waals surface area contributed by atoms with Crippen molar-refractivity contribution in [3.63, 3.8) is 0 Å². The van der Waals surface area contributed by atoms with Gasteiger partial charge in [-0.05, 0) is 50.0 Å². The second-order valence-corrected chi connectivity index (χ2v) is 6.09. The number of rotatable bonds is 4. The van der Waals surface area contributed by atoms with Crippen LogP contribution < -0.4 is 11.1 Å². The number of nitrogens with two attached hydrogens (primary N) is 1. The minimum absolute atomic E-state index is 0.160. The molecule has 0 aliphatic carbocycles. The van der Waals surface area contributed by atoms with Gasteiger partial charge in [-0.25, -0.2) is 0 Å². The maximum Gasteiger partial charge on any atom is 0.246 e. The molecule has 0 saturated carbocycles. The van der Waals surface area contributed by atoms with Gasteiger partial charge in [-0.15, -0.1) is 0 Å². The summed E-state index contributed by atoms with van der Waals surface area (Å²) in [4.78, 5) is 14.6. The quantitative estimate of drug-likeness (QED) is 0.878. The molecule has 0 aromatic heterocycles. The first-order valence-electron chi connectivity index (χ1n) is 7.65. The summed E-state index contributed by atoms with van der Waals surface area (Å²) in [7, 11) is 0. The molecule has 114 valence electrons. The number of hydrogen-bond donors (Lipinski definition) is 2. The van der Waals surface area contributed by atoms with Gasteiger partial charge in [0.1, 0.15) is 5.54 Å². The van der Waals surface area contributed by atoms with E-state index in [0.717, 1.165) is 12.2 Å². The predicted octanol–water partition coefficient (Wildman–Crippen LogP) is 1.34. The summed E-state index contributed by atoms with van der Waals surface area (Å²) in [6.45, 7) is 4.22. The van der Waals surface area contributed by atoms with Crippen molar-refractivity contribution in [1.29, 1.82) is 0 Å². The third-order valence-electron chi connectivity index (χ3n) is 4.32. The zero-order valence-corrected chi connectivity index (χ0v) is 12.3. The molecular formula is C16H23N3O2. The minimum atomic E-state index is -0.881. The average molecular weight is 289 g/mol. The van der Waals surface area contributed by atoms with Crippen LogP contribution in [-0.4, -0.2) is 42.6 Å². The summed E-state index contributed by atoms with van der Waals surface area (Å²) in [5.41, 5.74) is 7.24. The van der Waals surface area contributed by atoms with Crippen LogP contribution in [0.15, 0.2) is 24.3 Å². The van der Waals surface area contributed by atoms with Gasteiger partial charge < -0.3 is 15.8 Å². The van der Waals surface area contributed by atoms with Gasteiger partial charge in [-0.1, -0.05) is 12.1 Å². The highest BCUT2D eigenvalue weighted by Gasteiger charge is 2.38. The van der Waals surface area contributed by atoms with E-state index >= 15 is 0 Å². The SMILES string of the molecule is NC1(C(=O)Nc2ccc(CN3CCCC3)cc2)CCOC1. The first-order chi connectivity index (χ1) is 10.2. The number of amides is 1. The summed E-state index contributed by atoms with van der Waals surface area (Å²) in [6, 6.07) is 8.04. The highest BCUT2D eigenvalue weighted by atomic mass is 16.5. The Kier molecular flexibility index (Phi) is 4.24. The minimum Gasteiger partial charge on any atom is -0.379 e. The summed E-state index contributed by atoms with van der Waals surface area (Å²) in [6.07, 6.45) is 3.18. The predicted molar refractivity (Wildman–Crippen MR) is 81.9 cm³/mol. The van der Waals surface area contributed by atoms with Crippen molar-refractivity contribution in [2.75, 3.05) is 31.6 Å². The van der Waals surface area contributed by atoms with Gasteiger partial charge in [-0.3, -0.25) is 9.69 Å². The van der Waals surface area contributed by atoms with Crippen LogP contribution in [0.5, 0.6) is 0 Å². The number of ether oxygens (including phenoxy) is 1. The molecule has 0 spiro atoms. The van der Waals surface area contributed by atoms with Crippen LogP contribution in [0.25, 0.3) is 0 Å². The third-order valence-corrected chi connectivity index (χ3v) is 4.32. The van der Waals surface area contributed by atoms with E-state index in [-0.39, 0.29) is 5.91 Å². The average Bonchev–Trinajstić information content (AvgIpc) is 3.13. The van der Waals surface area contributed by atoms with Crippen LogP contribution in [0.1, 0.15) is 24.8 Å². The largest absolute Gasteiger partial charge is 0.379 e. The smallest absolute Gasteiger partial charge is 0.246 e. The number of carbonyl (C=O) groups excluding carboxylic acids is 1. The van der Waals surface area contributed by atoms with Crippen molar-refractivity contribution in [3.05, 3.63) is 29.8 Å². The molecule has 1 amide bonds. The Labute approximate surface area is 125 Å². The molecule has 1 aromatic rings. The standard InChI is InChI=1S/C16H23N3O2/c17-16(7-10-21-12-16)15(20)18-14-5-3-13(4-6-14)11-19-8-1-2-9-19/h3-6H,1-2,7-12,17H2,(H,18,20). The lowest BCUT2D eigenvalue weighted by Crippen LogP contribution is -2.51. The zero-order chi connectivity index (χ0) is 14.7. The van der Waals surface area contributed by atoms with Gasteiger partial charge in [0.05, 0.1) is 6.61 Å². The lowest BCUT2D eigenvalue weighted by Gasteiger charge is -2.21. The molecule has 2 saturated heterocycles. The summed E-state index contributed by atoms with van der Waals surface area (Å²) < 4.78 is 5.22. The Hall–Kier alpha value is -1.43. The molecule has 5 heteroatoms. The van der Waals surface area contributed by atoms with E-state index in [2.05, 4.69) is 22.3 Å². The number of likely N-dealkylation sites (tertiary alicyclic amines) is 1. The van der Waals surface area contributed by atoms with Crippen molar-refractivity contribution in [2.24, 2.45) is 5.73 Å². The molecule has 0 bridgehead atoms. The molecule has 0 radical (unpaired) electrons. The molecule has 5 nitrogen and oxygen atoms in total. The van der Waals surface area contributed by atoms with E-state index in [1.54, 1.807) is 0 Å². The van der Waals surface area contributed by atoms with Gasteiger partial charge in [0.2, 0.25) is 5.91 Å². The number of anilines is 1. The Morgan fingerprint density at radius 3 is 2.62 bits per heavy atom. The van der Waals surface area contributed by atoms with Crippen molar-refractivity contribution in [1.82, 2.24) is 4.90 Å². The number of hydrogen-bond acceptors (Lipinski definition) is 4. The van der Waals surface area contributed by atoms with E-state index in [0.29, 0.717) is 19.6 Å². The molecule has 21 heavy (non-hydrogen) atoms. The number of carbonyl (C=O) groups is 1. The van der Waals surface area contributed by atoms with E-state index in [1.807, 2.05) is 12.1 Å². The van der Waals surface area contributed by atoms with E-state index in [1.165, 1.54) is 31.5 Å². The second-order valence-electron chi connectivity index (χ2n) is 6.09. The van der Waals surface area contributed by atoms with Crippen LogP contribution in [-0.2, 0) is 16.1 Å². The molecule has 2 fully saturated rings. The highest BCUT2D eigenvalue weighted by Crippen LogP contribution is 2.19. The molecule has 2 aliphatic rings. The molecule has 1 unspecified atom stereocenters. The maximum absolute atomic E-state index is 12.2. The fourth-order valence-corrected chi connectivity index (χ4v) is 2.91. The normalized spacial score (nSPS) is 26.1. The van der Waals surface area contributed by atoms with E-state index in [4.69, 9.17) is 10.5 Å². The third kappa shape index (κ3) is 3.43. The summed E-state index contributed by atoms with van der Waals surface area (Å²) in [5, 5.41) is 2.89. The van der Waals surface area contributed by atoms with Crippen LogP contribution >= 0.6 is 0 Å². The van der Waals surface area contributed by atoms with E-state index < -0.39 is 5.54 Å². The Bertz CT molecular complexity index is 489. The lowest BCUT2D eigenvalue weighted by atomic mass is 9.99. The van der Waals surface area contributed by atoms with Gasteiger partial charge >= 0.3 is 0 Å². The summed E-state index contributed by atoms with van der Waals surface area (Å²) in [5.74, 6) is -0.160. The van der Waals surface area contributed by atoms with Crippen LogP contribution in [0.4, 0.5) is 5.69 Å². The molecular weight excluding hydrogens is 266 g/mol. The number of benzene rings is 1. The first kappa shape index (κ1) is 14.5. The molecule has 2 aliphatic heterocycles. The van der Waals surface area contributed by atoms with Gasteiger partial charge in [-0.2, -0.15) is 0 Å². The fourth-order valence-electron chi connectivity index (χ4n) is 2.91. The van der Waals surface area contributed by atoms with Gasteiger partial charge in [0.25, 0.3) is 0 Å². The first-order valence-corrected chi connectivity index (χ1v) is 7.65. The monoisotopic (exact) mass is 289 g/mol. The van der Waals surface area contributed by atoms with Crippen molar-refractivity contribution in [3.8, 4) is 0 Å². The maximum atomic E-state index is 12.2. The molecule has 3 N–H and O–H groups in total.